The Bertz CT molecular complexity index is 731. The molecule has 128 valence electrons. The van der Waals surface area contributed by atoms with Crippen molar-refractivity contribution in [3.63, 3.8) is 0 Å². The lowest BCUT2D eigenvalue weighted by Gasteiger charge is -2.21. The van der Waals surface area contributed by atoms with Crippen LogP contribution in [-0.2, 0) is 6.61 Å². The molecule has 1 amide bonds. The Kier molecular flexibility index (Phi) is 4.96. The van der Waals surface area contributed by atoms with Gasteiger partial charge in [0.1, 0.15) is 18.1 Å². The summed E-state index contributed by atoms with van der Waals surface area (Å²) in [6.45, 7) is 4.37. The molecule has 1 saturated heterocycles. The number of carbonyl (C=O) groups is 1. The van der Waals surface area contributed by atoms with Crippen molar-refractivity contribution in [2.45, 2.75) is 20.0 Å². The maximum Gasteiger partial charge on any atom is 0.289 e. The lowest BCUT2D eigenvalue weighted by atomic mass is 9.90. The molecule has 2 aromatic rings. The number of nitrogens with two attached hydrogens (primary N) is 1. The second-order valence-corrected chi connectivity index (χ2v) is 7.42. The van der Waals surface area contributed by atoms with Crippen LogP contribution in [0.1, 0.15) is 29.7 Å². The largest absolute Gasteiger partial charge is 0.486 e. The topological polar surface area (TPSA) is 68.7 Å². The van der Waals surface area contributed by atoms with Gasteiger partial charge in [-0.25, -0.2) is 0 Å². The molecule has 6 heteroatoms. The number of carbonyl (C=O) groups excluding carboxylic acids is 1. The van der Waals surface area contributed by atoms with Gasteiger partial charge in [0.05, 0.1) is 0 Å². The third-order valence-electron chi connectivity index (χ3n) is 4.39. The molecule has 1 fully saturated rings. The van der Waals surface area contributed by atoms with Crippen molar-refractivity contribution in [3.05, 3.63) is 52.4 Å². The van der Waals surface area contributed by atoms with Gasteiger partial charge < -0.3 is 19.8 Å². The molecule has 1 atom stereocenters. The van der Waals surface area contributed by atoms with Crippen LogP contribution in [0, 0.1) is 5.41 Å². The second-order valence-electron chi connectivity index (χ2n) is 6.50. The lowest BCUT2D eigenvalue weighted by Crippen LogP contribution is -2.34. The summed E-state index contributed by atoms with van der Waals surface area (Å²) >= 11 is 3.40. The first kappa shape index (κ1) is 17.0. The van der Waals surface area contributed by atoms with Gasteiger partial charge >= 0.3 is 0 Å². The Labute approximate surface area is 149 Å². The van der Waals surface area contributed by atoms with E-state index in [1.54, 1.807) is 12.1 Å². The van der Waals surface area contributed by atoms with Crippen LogP contribution in [0.3, 0.4) is 0 Å². The highest BCUT2D eigenvalue weighted by molar-refractivity contribution is 9.10. The van der Waals surface area contributed by atoms with Crippen molar-refractivity contribution in [1.82, 2.24) is 4.90 Å². The van der Waals surface area contributed by atoms with Crippen molar-refractivity contribution < 1.29 is 13.9 Å². The predicted molar refractivity (Wildman–Crippen MR) is 94.9 cm³/mol. The maximum atomic E-state index is 12.5. The zero-order chi connectivity index (χ0) is 17.2. The summed E-state index contributed by atoms with van der Waals surface area (Å²) in [5, 5.41) is 0. The number of hydrogen-bond acceptors (Lipinski definition) is 4. The van der Waals surface area contributed by atoms with E-state index in [-0.39, 0.29) is 17.9 Å². The third-order valence-corrected chi connectivity index (χ3v) is 4.88. The fourth-order valence-electron chi connectivity index (χ4n) is 2.80. The summed E-state index contributed by atoms with van der Waals surface area (Å²) < 4.78 is 12.3. The number of nitrogens with zero attached hydrogens (tertiary/aromatic N) is 1. The molecular formula is C18H21BrN2O3. The zero-order valence-electron chi connectivity index (χ0n) is 13.6. The van der Waals surface area contributed by atoms with Crippen LogP contribution < -0.4 is 10.5 Å². The summed E-state index contributed by atoms with van der Waals surface area (Å²) in [7, 11) is 0. The highest BCUT2D eigenvalue weighted by Gasteiger charge is 2.36. The first-order valence-corrected chi connectivity index (χ1v) is 8.75. The van der Waals surface area contributed by atoms with E-state index in [1.165, 1.54) is 0 Å². The van der Waals surface area contributed by atoms with Gasteiger partial charge in [0.2, 0.25) is 0 Å². The smallest absolute Gasteiger partial charge is 0.289 e. The van der Waals surface area contributed by atoms with Crippen molar-refractivity contribution >= 4 is 21.8 Å². The number of halogens is 1. The molecule has 2 heterocycles. The lowest BCUT2D eigenvalue weighted by molar-refractivity contribution is 0.0741. The van der Waals surface area contributed by atoms with Gasteiger partial charge in [0.25, 0.3) is 5.91 Å². The number of likely N-dealkylation sites (tertiary alicyclic amines) is 1. The summed E-state index contributed by atoms with van der Waals surface area (Å²) in [5.41, 5.74) is 5.81. The van der Waals surface area contributed by atoms with Crippen molar-refractivity contribution in [1.29, 1.82) is 0 Å². The van der Waals surface area contributed by atoms with Crippen molar-refractivity contribution in [2.24, 2.45) is 11.1 Å². The molecule has 5 nitrogen and oxygen atoms in total. The van der Waals surface area contributed by atoms with E-state index < -0.39 is 0 Å². The molecule has 1 aromatic heterocycles. The van der Waals surface area contributed by atoms with Crippen molar-refractivity contribution in [2.75, 3.05) is 19.6 Å². The first-order chi connectivity index (χ1) is 11.5. The summed E-state index contributed by atoms with van der Waals surface area (Å²) in [4.78, 5) is 14.3. The average molecular weight is 393 g/mol. The van der Waals surface area contributed by atoms with Crippen LogP contribution in [0.25, 0.3) is 0 Å². The Balaban J connectivity index is 1.60. The number of rotatable bonds is 5. The molecular weight excluding hydrogens is 372 g/mol. The Morgan fingerprint density at radius 2 is 2.25 bits per heavy atom. The molecule has 24 heavy (non-hydrogen) atoms. The molecule has 0 saturated carbocycles. The molecule has 0 aliphatic carbocycles. The minimum Gasteiger partial charge on any atom is -0.486 e. The minimum absolute atomic E-state index is 0.00882. The molecule has 1 aromatic carbocycles. The quantitative estimate of drug-likeness (QED) is 0.845. The first-order valence-electron chi connectivity index (χ1n) is 7.95. The van der Waals surface area contributed by atoms with E-state index in [2.05, 4.69) is 22.9 Å². The fourth-order valence-corrected chi connectivity index (χ4v) is 3.18. The van der Waals surface area contributed by atoms with E-state index in [0.717, 1.165) is 23.2 Å². The summed E-state index contributed by atoms with van der Waals surface area (Å²) in [6, 6.07) is 11.1. The second kappa shape index (κ2) is 6.99. The Morgan fingerprint density at radius 3 is 2.96 bits per heavy atom. The number of furan rings is 1. The predicted octanol–water partition coefficient (Wildman–Crippen LogP) is 3.43. The van der Waals surface area contributed by atoms with Crippen LogP contribution in [0.5, 0.6) is 5.75 Å². The molecule has 0 radical (unpaired) electrons. The molecule has 2 N–H and O–H groups in total. The molecule has 3 rings (SSSR count). The van der Waals surface area contributed by atoms with Gasteiger partial charge in [-0.2, -0.15) is 0 Å². The van der Waals surface area contributed by atoms with Gasteiger partial charge in [-0.15, -0.1) is 0 Å². The van der Waals surface area contributed by atoms with E-state index in [0.29, 0.717) is 24.6 Å². The maximum absolute atomic E-state index is 12.5. The number of hydrogen-bond donors (Lipinski definition) is 1. The molecule has 0 bridgehead atoms. The average Bonchev–Trinajstić information content (AvgIpc) is 3.20. The number of ether oxygens (including phenoxy) is 1. The van der Waals surface area contributed by atoms with Gasteiger partial charge in [0.15, 0.2) is 5.76 Å². The highest BCUT2D eigenvalue weighted by atomic mass is 79.9. The molecule has 0 spiro atoms. The highest BCUT2D eigenvalue weighted by Crippen LogP contribution is 2.29. The van der Waals surface area contributed by atoms with Gasteiger partial charge in [0, 0.05) is 17.6 Å². The summed E-state index contributed by atoms with van der Waals surface area (Å²) in [6.07, 6.45) is 0.925. The molecule has 1 aliphatic rings. The zero-order valence-corrected chi connectivity index (χ0v) is 15.2. The fraction of sp³-hybridized carbons (Fsp3) is 0.389. The van der Waals surface area contributed by atoms with Gasteiger partial charge in [-0.3, -0.25) is 4.79 Å². The van der Waals surface area contributed by atoms with Gasteiger partial charge in [-0.05, 0) is 48.7 Å². The minimum atomic E-state index is -0.0825. The standard InChI is InChI=1S/C18H21BrN2O3/c1-18(11-20)7-8-21(12-18)17(22)16-6-5-15(24-16)10-23-14-4-2-3-13(19)9-14/h2-6,9H,7-8,10-12,20H2,1H3. The van der Waals surface area contributed by atoms with E-state index in [4.69, 9.17) is 14.9 Å². The number of benzene rings is 1. The van der Waals surface area contributed by atoms with Crippen LogP contribution >= 0.6 is 15.9 Å². The Hall–Kier alpha value is -1.79. The third kappa shape index (κ3) is 3.82. The Morgan fingerprint density at radius 1 is 1.42 bits per heavy atom. The SMILES string of the molecule is CC1(CN)CCN(C(=O)c2ccc(COc3cccc(Br)c3)o2)C1. The summed E-state index contributed by atoms with van der Waals surface area (Å²) in [5.74, 6) is 1.64. The normalized spacial score (nSPS) is 20.4. The van der Waals surface area contributed by atoms with Crippen molar-refractivity contribution in [3.8, 4) is 5.75 Å². The van der Waals surface area contributed by atoms with Crippen LogP contribution in [0.15, 0.2) is 45.3 Å². The van der Waals surface area contributed by atoms with Gasteiger partial charge in [-0.1, -0.05) is 28.9 Å². The van der Waals surface area contributed by atoms with E-state index >= 15 is 0 Å². The van der Waals surface area contributed by atoms with E-state index in [1.807, 2.05) is 29.2 Å². The van der Waals surface area contributed by atoms with E-state index in [9.17, 15) is 4.79 Å². The molecule has 1 aliphatic heterocycles. The van der Waals surface area contributed by atoms with Crippen LogP contribution in [-0.4, -0.2) is 30.4 Å². The number of amides is 1. The monoisotopic (exact) mass is 392 g/mol. The van der Waals surface area contributed by atoms with Crippen LogP contribution in [0.4, 0.5) is 0 Å². The molecule has 1 unspecified atom stereocenters. The van der Waals surface area contributed by atoms with Crippen LogP contribution in [0.2, 0.25) is 0 Å².